The van der Waals surface area contributed by atoms with Crippen LogP contribution in [0, 0.1) is 17.8 Å². The first-order valence-corrected chi connectivity index (χ1v) is 11.4. The lowest BCUT2D eigenvalue weighted by Crippen LogP contribution is -2.40. The fourth-order valence-corrected chi connectivity index (χ4v) is 4.59. The lowest BCUT2D eigenvalue weighted by atomic mass is 9.92. The van der Waals surface area contributed by atoms with Crippen molar-refractivity contribution in [2.24, 2.45) is 22.7 Å². The highest BCUT2D eigenvalue weighted by Crippen LogP contribution is 2.21. The molecule has 2 heterocycles. The third-order valence-electron chi connectivity index (χ3n) is 5.79. The summed E-state index contributed by atoms with van der Waals surface area (Å²) in [5, 5.41) is 3.48. The molecule has 172 valence electrons. The molecule has 2 saturated heterocycles. The van der Waals surface area contributed by atoms with Gasteiger partial charge in [-0.1, -0.05) is 13.8 Å². The fourth-order valence-electron chi connectivity index (χ4n) is 4.59. The van der Waals surface area contributed by atoms with E-state index in [0.29, 0.717) is 19.1 Å². The SMILES string of the molecule is CCNC(=NCCCCN1CC(C)CC(C)C1)N1CCC(COCCOC)C1.I. The van der Waals surface area contributed by atoms with Crippen molar-refractivity contribution in [2.45, 2.75) is 46.5 Å². The van der Waals surface area contributed by atoms with Gasteiger partial charge in [0.2, 0.25) is 0 Å². The number of nitrogens with zero attached hydrogens (tertiary/aromatic N) is 3. The van der Waals surface area contributed by atoms with Gasteiger partial charge in [0.25, 0.3) is 0 Å². The van der Waals surface area contributed by atoms with Crippen molar-refractivity contribution in [3.8, 4) is 0 Å². The van der Waals surface area contributed by atoms with E-state index in [9.17, 15) is 0 Å². The molecule has 2 aliphatic rings. The van der Waals surface area contributed by atoms with E-state index in [0.717, 1.165) is 50.6 Å². The maximum atomic E-state index is 5.72. The van der Waals surface area contributed by atoms with Gasteiger partial charge in [0, 0.05) is 52.3 Å². The first kappa shape index (κ1) is 26.9. The van der Waals surface area contributed by atoms with E-state index >= 15 is 0 Å². The second-order valence-corrected chi connectivity index (χ2v) is 8.82. The van der Waals surface area contributed by atoms with Crippen LogP contribution in [0.3, 0.4) is 0 Å². The third-order valence-corrected chi connectivity index (χ3v) is 5.79. The molecule has 0 amide bonds. The standard InChI is InChI=1S/C22H44N4O2.HI/c1-5-23-22(26-11-8-21(17-26)18-28-13-12-27-4)24-9-6-7-10-25-15-19(2)14-20(3)16-25;/h19-21H,5-18H2,1-4H3,(H,23,24);1H. The van der Waals surface area contributed by atoms with Gasteiger partial charge in [0.1, 0.15) is 0 Å². The predicted octanol–water partition coefficient (Wildman–Crippen LogP) is 3.31. The molecule has 1 N–H and O–H groups in total. The summed E-state index contributed by atoms with van der Waals surface area (Å²) < 4.78 is 10.8. The summed E-state index contributed by atoms with van der Waals surface area (Å²) in [6.45, 7) is 16.9. The summed E-state index contributed by atoms with van der Waals surface area (Å²) in [6, 6.07) is 0. The summed E-state index contributed by atoms with van der Waals surface area (Å²) in [6.07, 6.45) is 4.99. The van der Waals surface area contributed by atoms with Crippen LogP contribution in [0.1, 0.15) is 46.5 Å². The summed E-state index contributed by atoms with van der Waals surface area (Å²) in [7, 11) is 1.72. The monoisotopic (exact) mass is 524 g/mol. The number of ether oxygens (including phenoxy) is 2. The van der Waals surface area contributed by atoms with Crippen molar-refractivity contribution in [2.75, 3.05) is 72.7 Å². The van der Waals surface area contributed by atoms with E-state index in [4.69, 9.17) is 14.5 Å². The van der Waals surface area contributed by atoms with Crippen LogP contribution in [-0.2, 0) is 9.47 Å². The molecule has 3 unspecified atom stereocenters. The van der Waals surface area contributed by atoms with Crippen LogP contribution in [0.25, 0.3) is 0 Å². The van der Waals surface area contributed by atoms with Gasteiger partial charge < -0.3 is 24.6 Å². The number of halogens is 1. The van der Waals surface area contributed by atoms with E-state index in [2.05, 4.69) is 35.9 Å². The van der Waals surface area contributed by atoms with Crippen LogP contribution in [0.5, 0.6) is 0 Å². The lowest BCUT2D eigenvalue weighted by molar-refractivity contribution is 0.0536. The molecule has 0 aromatic carbocycles. The van der Waals surface area contributed by atoms with E-state index < -0.39 is 0 Å². The number of piperidine rings is 1. The minimum atomic E-state index is 0. The van der Waals surface area contributed by atoms with Crippen molar-refractivity contribution in [1.82, 2.24) is 15.1 Å². The maximum Gasteiger partial charge on any atom is 0.193 e. The zero-order chi connectivity index (χ0) is 20.2. The van der Waals surface area contributed by atoms with Crippen LogP contribution in [-0.4, -0.2) is 88.5 Å². The van der Waals surface area contributed by atoms with Gasteiger partial charge in [0.15, 0.2) is 5.96 Å². The Morgan fingerprint density at radius 3 is 2.55 bits per heavy atom. The number of likely N-dealkylation sites (tertiary alicyclic amines) is 2. The highest BCUT2D eigenvalue weighted by molar-refractivity contribution is 14.0. The van der Waals surface area contributed by atoms with Crippen LogP contribution >= 0.6 is 24.0 Å². The first-order chi connectivity index (χ1) is 13.6. The molecule has 3 atom stereocenters. The van der Waals surface area contributed by atoms with Gasteiger partial charge in [-0.25, -0.2) is 0 Å². The highest BCUT2D eigenvalue weighted by atomic mass is 127. The number of hydrogen-bond acceptors (Lipinski definition) is 4. The van der Waals surface area contributed by atoms with E-state index in [1.165, 1.54) is 45.3 Å². The fraction of sp³-hybridized carbons (Fsp3) is 0.955. The van der Waals surface area contributed by atoms with Crippen molar-refractivity contribution >= 4 is 29.9 Å². The normalized spacial score (nSPS) is 25.9. The number of unbranched alkanes of at least 4 members (excludes halogenated alkanes) is 1. The van der Waals surface area contributed by atoms with Gasteiger partial charge >= 0.3 is 0 Å². The predicted molar refractivity (Wildman–Crippen MR) is 132 cm³/mol. The molecule has 0 aromatic rings. The number of hydrogen-bond donors (Lipinski definition) is 1. The molecule has 0 aromatic heterocycles. The Morgan fingerprint density at radius 2 is 1.86 bits per heavy atom. The van der Waals surface area contributed by atoms with Crippen LogP contribution < -0.4 is 5.32 Å². The Balaban J connectivity index is 0.00000420. The van der Waals surface area contributed by atoms with Crippen LogP contribution in [0.2, 0.25) is 0 Å². The minimum absolute atomic E-state index is 0. The smallest absolute Gasteiger partial charge is 0.193 e. The minimum Gasteiger partial charge on any atom is -0.382 e. The Labute approximate surface area is 196 Å². The summed E-state index contributed by atoms with van der Waals surface area (Å²) >= 11 is 0. The molecule has 2 rings (SSSR count). The topological polar surface area (TPSA) is 49.3 Å². The van der Waals surface area contributed by atoms with Crippen LogP contribution in [0.4, 0.5) is 0 Å². The largest absolute Gasteiger partial charge is 0.382 e. The number of rotatable bonds is 11. The number of nitrogens with one attached hydrogen (secondary N) is 1. The Kier molecular flexibility index (Phi) is 14.5. The second-order valence-electron chi connectivity index (χ2n) is 8.82. The molecule has 2 fully saturated rings. The molecule has 0 bridgehead atoms. The van der Waals surface area contributed by atoms with Crippen molar-refractivity contribution in [1.29, 1.82) is 0 Å². The van der Waals surface area contributed by atoms with Gasteiger partial charge in [-0.3, -0.25) is 4.99 Å². The molecule has 2 aliphatic heterocycles. The van der Waals surface area contributed by atoms with Gasteiger partial charge in [-0.05, 0) is 51.0 Å². The molecule has 7 heteroatoms. The average molecular weight is 525 g/mol. The lowest BCUT2D eigenvalue weighted by Gasteiger charge is -2.34. The zero-order valence-corrected chi connectivity index (χ0v) is 21.5. The molecule has 0 aliphatic carbocycles. The maximum absolute atomic E-state index is 5.72. The number of aliphatic imine (C=N–C) groups is 1. The van der Waals surface area contributed by atoms with E-state index in [-0.39, 0.29) is 24.0 Å². The number of guanidine groups is 1. The Morgan fingerprint density at radius 1 is 1.10 bits per heavy atom. The second kappa shape index (κ2) is 15.6. The quantitative estimate of drug-likeness (QED) is 0.195. The van der Waals surface area contributed by atoms with Gasteiger partial charge in [-0.2, -0.15) is 0 Å². The average Bonchev–Trinajstić information content (AvgIpc) is 3.12. The van der Waals surface area contributed by atoms with Crippen LogP contribution in [0.15, 0.2) is 4.99 Å². The molecule has 0 spiro atoms. The molecule has 0 radical (unpaired) electrons. The van der Waals surface area contributed by atoms with Crippen molar-refractivity contribution in [3.63, 3.8) is 0 Å². The van der Waals surface area contributed by atoms with E-state index in [1.807, 2.05) is 0 Å². The molecule has 0 saturated carbocycles. The Hall–Kier alpha value is -0.120. The number of methoxy groups -OCH3 is 1. The molecular weight excluding hydrogens is 479 g/mol. The first-order valence-electron chi connectivity index (χ1n) is 11.4. The molecular formula is C22H45IN4O2. The molecule has 29 heavy (non-hydrogen) atoms. The Bertz CT molecular complexity index is 443. The van der Waals surface area contributed by atoms with E-state index in [1.54, 1.807) is 7.11 Å². The molecule has 6 nitrogen and oxygen atoms in total. The highest BCUT2D eigenvalue weighted by Gasteiger charge is 2.25. The zero-order valence-electron chi connectivity index (χ0n) is 19.2. The van der Waals surface area contributed by atoms with Crippen molar-refractivity contribution in [3.05, 3.63) is 0 Å². The summed E-state index contributed by atoms with van der Waals surface area (Å²) in [5.41, 5.74) is 0. The summed E-state index contributed by atoms with van der Waals surface area (Å²) in [5.74, 6) is 3.39. The van der Waals surface area contributed by atoms with Gasteiger partial charge in [0.05, 0.1) is 19.8 Å². The third kappa shape index (κ3) is 10.6. The summed E-state index contributed by atoms with van der Waals surface area (Å²) in [4.78, 5) is 9.96. The van der Waals surface area contributed by atoms with Crippen molar-refractivity contribution < 1.29 is 9.47 Å². The van der Waals surface area contributed by atoms with Gasteiger partial charge in [-0.15, -0.1) is 24.0 Å².